The quantitative estimate of drug-likeness (QED) is 0.227. The molecule has 1 aromatic heterocycles. The van der Waals surface area contributed by atoms with Gasteiger partial charge in [-0.3, -0.25) is 9.59 Å². The number of rotatable bonds is 14. The van der Waals surface area contributed by atoms with Crippen LogP contribution in [0, 0.1) is 0 Å². The monoisotopic (exact) mass is 640 g/mol. The number of carbonyl (C=O) groups is 3. The predicted octanol–water partition coefficient (Wildman–Crippen LogP) is 2.16. The summed E-state index contributed by atoms with van der Waals surface area (Å²) in [6, 6.07) is 9.89. The Morgan fingerprint density at radius 2 is 1.87 bits per heavy atom. The van der Waals surface area contributed by atoms with Crippen molar-refractivity contribution in [2.75, 3.05) is 38.0 Å². The average Bonchev–Trinajstić information content (AvgIpc) is 3.72. The molecular weight excluding hydrogens is 596 g/mol. The van der Waals surface area contributed by atoms with Crippen molar-refractivity contribution < 1.29 is 27.9 Å². The Bertz CT molecular complexity index is 1460. The zero-order chi connectivity index (χ0) is 31.8. The zero-order valence-electron chi connectivity index (χ0n) is 25.6. The smallest absolute Gasteiger partial charge is 0.326 e. The van der Waals surface area contributed by atoms with Gasteiger partial charge in [0.1, 0.15) is 17.9 Å². The lowest BCUT2D eigenvalue weighted by Gasteiger charge is -2.25. The van der Waals surface area contributed by atoms with Gasteiger partial charge in [0.2, 0.25) is 21.8 Å². The van der Waals surface area contributed by atoms with Gasteiger partial charge in [-0.15, -0.1) is 0 Å². The number of anilines is 1. The highest BCUT2D eigenvalue weighted by Crippen LogP contribution is 2.26. The third-order valence-corrected chi connectivity index (χ3v) is 10.8. The summed E-state index contributed by atoms with van der Waals surface area (Å²) in [6.45, 7) is 3.75. The van der Waals surface area contributed by atoms with E-state index in [4.69, 9.17) is 4.98 Å². The number of aliphatic carboxylic acids is 1. The van der Waals surface area contributed by atoms with Crippen molar-refractivity contribution in [2.24, 2.45) is 0 Å². The van der Waals surface area contributed by atoms with Gasteiger partial charge in [0.05, 0.1) is 4.90 Å². The van der Waals surface area contributed by atoms with Crippen LogP contribution in [0.15, 0.2) is 47.4 Å². The lowest BCUT2D eigenvalue weighted by atomic mass is 10.1. The third-order valence-electron chi connectivity index (χ3n) is 8.88. The van der Waals surface area contributed by atoms with Crippen molar-refractivity contribution in [1.29, 1.82) is 0 Å². The number of nitrogens with one attached hydrogen (secondary N) is 3. The Labute approximate surface area is 265 Å². The van der Waals surface area contributed by atoms with Gasteiger partial charge in [0.15, 0.2) is 0 Å². The molecule has 4 N–H and O–H groups in total. The summed E-state index contributed by atoms with van der Waals surface area (Å²) >= 11 is 0. The molecule has 2 fully saturated rings. The summed E-state index contributed by atoms with van der Waals surface area (Å²) in [4.78, 5) is 44.9. The van der Waals surface area contributed by atoms with Gasteiger partial charge in [-0.2, -0.15) is 4.31 Å². The standard InChI is InChI=1S/C32H44N6O6S/c39-29(34-25-17-21-37(22-25)19-5-4-9-24-14-13-23-8-6-18-33-30(23)35-24)16-15-27(32(41)42)36-31(40)28-12-7-20-38(28)45(43,44)26-10-2-1-3-11-26/h1-3,10-11,13-14,25,27-28H,4-9,12,15-22H2,(H,33,35)(H,34,39)(H,36,40)(H,41,42)/t25-,27-,28+/m0/s1. The number of nitrogens with zero attached hydrogens (tertiary/aromatic N) is 3. The van der Waals surface area contributed by atoms with E-state index in [1.807, 2.05) is 0 Å². The number of carbonyl (C=O) groups excluding carboxylic acids is 2. The second-order valence-electron chi connectivity index (χ2n) is 12.2. The number of unbranched alkanes of at least 4 members (excludes halogenated alkanes) is 1. The Morgan fingerprint density at radius 1 is 1.04 bits per heavy atom. The zero-order valence-corrected chi connectivity index (χ0v) is 26.4. The van der Waals surface area contributed by atoms with Gasteiger partial charge >= 0.3 is 5.97 Å². The maximum Gasteiger partial charge on any atom is 0.326 e. The maximum atomic E-state index is 13.1. The molecule has 2 amide bonds. The highest BCUT2D eigenvalue weighted by molar-refractivity contribution is 7.89. The number of benzene rings is 1. The number of pyridine rings is 1. The summed E-state index contributed by atoms with van der Waals surface area (Å²) in [6.07, 6.45) is 6.72. The molecule has 4 heterocycles. The van der Waals surface area contributed by atoms with Crippen molar-refractivity contribution in [3.63, 3.8) is 0 Å². The van der Waals surface area contributed by atoms with Crippen molar-refractivity contribution in [3.05, 3.63) is 53.7 Å². The third kappa shape index (κ3) is 8.59. The van der Waals surface area contributed by atoms with E-state index >= 15 is 0 Å². The fraction of sp³-hybridized carbons (Fsp3) is 0.562. The Kier molecular flexibility index (Phi) is 11.1. The first-order chi connectivity index (χ1) is 21.7. The SMILES string of the molecule is O=C(CC[C@H](NC(=O)[C@H]1CCCN1S(=O)(=O)c1ccccc1)C(=O)O)N[C@H]1CCN(CCCCc2ccc3c(n2)NCCC3)C1. The molecule has 3 aliphatic heterocycles. The van der Waals surface area contributed by atoms with Crippen LogP contribution in [0.2, 0.25) is 0 Å². The van der Waals surface area contributed by atoms with Crippen LogP contribution in [-0.4, -0.2) is 96.3 Å². The van der Waals surface area contributed by atoms with Gasteiger partial charge in [0.25, 0.3) is 0 Å². The van der Waals surface area contributed by atoms with Crippen LogP contribution in [0.3, 0.4) is 0 Å². The molecule has 0 spiro atoms. The molecule has 2 saturated heterocycles. The van der Waals surface area contributed by atoms with Crippen LogP contribution in [0.4, 0.5) is 5.82 Å². The summed E-state index contributed by atoms with van der Waals surface area (Å²) in [5.74, 6) is -1.15. The van der Waals surface area contributed by atoms with E-state index in [9.17, 15) is 27.9 Å². The Morgan fingerprint density at radius 3 is 2.67 bits per heavy atom. The largest absolute Gasteiger partial charge is 0.480 e. The van der Waals surface area contributed by atoms with Crippen LogP contribution in [-0.2, 0) is 37.2 Å². The number of carboxylic acid groups (broad SMARTS) is 1. The first-order valence-corrected chi connectivity index (χ1v) is 17.5. The fourth-order valence-electron chi connectivity index (χ4n) is 6.42. The van der Waals surface area contributed by atoms with E-state index in [1.54, 1.807) is 18.2 Å². The minimum Gasteiger partial charge on any atom is -0.480 e. The van der Waals surface area contributed by atoms with E-state index in [0.29, 0.717) is 12.8 Å². The van der Waals surface area contributed by atoms with Gasteiger partial charge in [-0.25, -0.2) is 18.2 Å². The maximum absolute atomic E-state index is 13.1. The summed E-state index contributed by atoms with van der Waals surface area (Å²) in [5.41, 5.74) is 2.41. The van der Waals surface area contributed by atoms with Crippen molar-refractivity contribution in [3.8, 4) is 0 Å². The molecule has 2 aromatic rings. The van der Waals surface area contributed by atoms with Crippen molar-refractivity contribution in [2.45, 2.75) is 87.2 Å². The second kappa shape index (κ2) is 15.2. The van der Waals surface area contributed by atoms with E-state index in [1.165, 1.54) is 17.7 Å². The highest BCUT2D eigenvalue weighted by Gasteiger charge is 2.40. The van der Waals surface area contributed by atoms with Gasteiger partial charge in [-0.05, 0) is 88.1 Å². The van der Waals surface area contributed by atoms with Gasteiger partial charge in [-0.1, -0.05) is 24.3 Å². The summed E-state index contributed by atoms with van der Waals surface area (Å²) in [7, 11) is -3.90. The van der Waals surface area contributed by atoms with Crippen LogP contribution < -0.4 is 16.0 Å². The summed E-state index contributed by atoms with van der Waals surface area (Å²) < 4.78 is 27.4. The number of carboxylic acids is 1. The molecule has 3 atom stereocenters. The number of likely N-dealkylation sites (tertiary alicyclic amines) is 1. The Hall–Kier alpha value is -3.55. The lowest BCUT2D eigenvalue weighted by molar-refractivity contribution is -0.142. The number of fused-ring (bicyclic) bond motifs is 1. The molecular formula is C32H44N6O6S. The van der Waals surface area contributed by atoms with Gasteiger partial charge in [0, 0.05) is 44.3 Å². The fourth-order valence-corrected chi connectivity index (χ4v) is 8.10. The molecule has 0 bridgehead atoms. The second-order valence-corrected chi connectivity index (χ2v) is 14.1. The van der Waals surface area contributed by atoms with Crippen molar-refractivity contribution >= 4 is 33.6 Å². The molecule has 0 unspecified atom stereocenters. The van der Waals surface area contributed by atoms with Gasteiger partial charge < -0.3 is 26.0 Å². The van der Waals surface area contributed by atoms with Crippen LogP contribution in [0.5, 0.6) is 0 Å². The number of sulfonamides is 1. The predicted molar refractivity (Wildman–Crippen MR) is 169 cm³/mol. The van der Waals surface area contributed by atoms with E-state index in [-0.39, 0.29) is 36.2 Å². The topological polar surface area (TPSA) is 161 Å². The molecule has 3 aliphatic rings. The number of hydrogen-bond acceptors (Lipinski definition) is 8. The molecule has 5 rings (SSSR count). The molecule has 13 heteroatoms. The number of amides is 2. The average molecular weight is 641 g/mol. The molecule has 12 nitrogen and oxygen atoms in total. The van der Waals surface area contributed by atoms with Crippen molar-refractivity contribution in [1.82, 2.24) is 24.8 Å². The normalized spacial score (nSPS) is 21.1. The minimum absolute atomic E-state index is 0.000929. The van der Waals surface area contributed by atoms with E-state index in [0.717, 1.165) is 80.5 Å². The Balaban J connectivity index is 1.02. The highest BCUT2D eigenvalue weighted by atomic mass is 32.2. The molecule has 0 saturated carbocycles. The number of aryl methyl sites for hydroxylation is 2. The van der Waals surface area contributed by atoms with Crippen LogP contribution in [0.25, 0.3) is 0 Å². The van der Waals surface area contributed by atoms with E-state index in [2.05, 4.69) is 33.0 Å². The molecule has 0 radical (unpaired) electrons. The molecule has 1 aromatic carbocycles. The first kappa shape index (κ1) is 32.8. The number of aromatic nitrogens is 1. The molecule has 244 valence electrons. The van der Waals surface area contributed by atoms with E-state index < -0.39 is 34.0 Å². The summed E-state index contributed by atoms with van der Waals surface area (Å²) in [5, 5.41) is 18.6. The minimum atomic E-state index is -3.90. The molecule has 0 aliphatic carbocycles. The molecule has 45 heavy (non-hydrogen) atoms. The number of hydrogen-bond donors (Lipinski definition) is 4. The first-order valence-electron chi connectivity index (χ1n) is 16.0. The van der Waals surface area contributed by atoms with Crippen LogP contribution >= 0.6 is 0 Å². The van der Waals surface area contributed by atoms with Crippen LogP contribution in [0.1, 0.15) is 62.6 Å². The lowest BCUT2D eigenvalue weighted by Crippen LogP contribution is -2.51.